The van der Waals surface area contributed by atoms with Crippen LogP contribution >= 0.6 is 11.3 Å². The number of nitrogen functional groups attached to an aromatic ring is 1. The molecule has 5 heteroatoms. The van der Waals surface area contributed by atoms with Crippen molar-refractivity contribution in [3.05, 3.63) is 46.7 Å². The van der Waals surface area contributed by atoms with E-state index >= 15 is 0 Å². The monoisotopic (exact) mass is 261 g/mol. The van der Waals surface area contributed by atoms with Gasteiger partial charge < -0.3 is 16.4 Å². The average molecular weight is 261 g/mol. The molecule has 0 saturated heterocycles. The van der Waals surface area contributed by atoms with Crippen molar-refractivity contribution >= 4 is 28.7 Å². The van der Waals surface area contributed by atoms with E-state index in [-0.39, 0.29) is 6.03 Å². The molecule has 0 radical (unpaired) electrons. The van der Waals surface area contributed by atoms with Crippen LogP contribution < -0.4 is 16.4 Å². The molecule has 1 aromatic heterocycles. The van der Waals surface area contributed by atoms with Crippen molar-refractivity contribution in [2.75, 3.05) is 17.6 Å². The summed E-state index contributed by atoms with van der Waals surface area (Å²) in [4.78, 5) is 11.6. The molecule has 4 nitrogen and oxygen atoms in total. The summed E-state index contributed by atoms with van der Waals surface area (Å²) in [5.74, 6) is 0. The highest BCUT2D eigenvalue weighted by Crippen LogP contribution is 2.11. The van der Waals surface area contributed by atoms with Gasteiger partial charge in [0, 0.05) is 17.9 Å². The van der Waals surface area contributed by atoms with E-state index < -0.39 is 0 Å². The van der Waals surface area contributed by atoms with E-state index in [9.17, 15) is 4.79 Å². The third-order valence-electron chi connectivity index (χ3n) is 2.42. The zero-order chi connectivity index (χ0) is 12.8. The lowest BCUT2D eigenvalue weighted by Crippen LogP contribution is -2.30. The number of hydrogen-bond donors (Lipinski definition) is 3. The zero-order valence-corrected chi connectivity index (χ0v) is 10.7. The third kappa shape index (κ3) is 3.78. The summed E-state index contributed by atoms with van der Waals surface area (Å²) in [5.41, 5.74) is 8.20. The molecular weight excluding hydrogens is 246 g/mol. The first kappa shape index (κ1) is 12.4. The second kappa shape index (κ2) is 6.07. The average Bonchev–Trinajstić information content (AvgIpc) is 2.82. The number of thiophene rings is 1. The Morgan fingerprint density at radius 3 is 2.94 bits per heavy atom. The predicted octanol–water partition coefficient (Wildman–Crippen LogP) is 2.69. The number of nitrogens with one attached hydrogen (secondary N) is 2. The van der Waals surface area contributed by atoms with Crippen LogP contribution in [-0.2, 0) is 6.42 Å². The Labute approximate surface area is 110 Å². The Morgan fingerprint density at radius 2 is 2.22 bits per heavy atom. The fraction of sp³-hybridized carbons (Fsp3) is 0.154. The molecule has 0 aliphatic heterocycles. The lowest BCUT2D eigenvalue weighted by molar-refractivity contribution is 0.252. The molecule has 0 fully saturated rings. The SMILES string of the molecule is Nc1cccc(NC(=O)NCCc2ccsc2)c1. The van der Waals surface area contributed by atoms with Gasteiger partial charge in [-0.25, -0.2) is 4.79 Å². The quantitative estimate of drug-likeness (QED) is 0.741. The number of benzene rings is 1. The van der Waals surface area contributed by atoms with E-state index in [0.29, 0.717) is 17.9 Å². The van der Waals surface area contributed by atoms with Gasteiger partial charge in [-0.3, -0.25) is 0 Å². The Kier molecular flexibility index (Phi) is 4.20. The van der Waals surface area contributed by atoms with Crippen molar-refractivity contribution in [2.45, 2.75) is 6.42 Å². The molecule has 1 aromatic carbocycles. The van der Waals surface area contributed by atoms with Gasteiger partial charge in [-0.15, -0.1) is 0 Å². The summed E-state index contributed by atoms with van der Waals surface area (Å²) < 4.78 is 0. The van der Waals surface area contributed by atoms with Crippen LogP contribution in [0.2, 0.25) is 0 Å². The van der Waals surface area contributed by atoms with Crippen molar-refractivity contribution < 1.29 is 4.79 Å². The molecule has 1 heterocycles. The van der Waals surface area contributed by atoms with Gasteiger partial charge in [0.2, 0.25) is 0 Å². The van der Waals surface area contributed by atoms with Gasteiger partial charge in [-0.05, 0) is 47.0 Å². The van der Waals surface area contributed by atoms with Crippen molar-refractivity contribution in [1.29, 1.82) is 0 Å². The Balaban J connectivity index is 1.75. The summed E-state index contributed by atoms with van der Waals surface area (Å²) >= 11 is 1.66. The number of amides is 2. The largest absolute Gasteiger partial charge is 0.399 e. The highest BCUT2D eigenvalue weighted by atomic mass is 32.1. The molecule has 2 rings (SSSR count). The zero-order valence-electron chi connectivity index (χ0n) is 9.85. The molecule has 0 bridgehead atoms. The summed E-state index contributed by atoms with van der Waals surface area (Å²) in [7, 11) is 0. The molecule has 0 saturated carbocycles. The first-order chi connectivity index (χ1) is 8.74. The second-order valence-corrected chi connectivity index (χ2v) is 4.67. The summed E-state index contributed by atoms with van der Waals surface area (Å²) in [6.07, 6.45) is 0.841. The van der Waals surface area contributed by atoms with Crippen LogP contribution in [0, 0.1) is 0 Å². The highest BCUT2D eigenvalue weighted by Gasteiger charge is 2.01. The normalized spacial score (nSPS) is 10.0. The van der Waals surface area contributed by atoms with Gasteiger partial charge in [0.25, 0.3) is 0 Å². The van der Waals surface area contributed by atoms with E-state index in [1.807, 2.05) is 5.38 Å². The molecule has 0 atom stereocenters. The molecule has 0 aliphatic rings. The summed E-state index contributed by atoms with van der Waals surface area (Å²) in [6.45, 7) is 0.616. The predicted molar refractivity (Wildman–Crippen MR) is 75.9 cm³/mol. The van der Waals surface area contributed by atoms with Crippen LogP contribution in [0.1, 0.15) is 5.56 Å². The van der Waals surface area contributed by atoms with Crippen molar-refractivity contribution in [3.8, 4) is 0 Å². The van der Waals surface area contributed by atoms with Crippen LogP contribution in [-0.4, -0.2) is 12.6 Å². The number of hydrogen-bond acceptors (Lipinski definition) is 3. The standard InChI is InChI=1S/C13H15N3OS/c14-11-2-1-3-12(8-11)16-13(17)15-6-4-10-5-7-18-9-10/h1-3,5,7-9H,4,6,14H2,(H2,15,16,17). The van der Waals surface area contributed by atoms with Crippen molar-refractivity contribution in [1.82, 2.24) is 5.32 Å². The number of carbonyl (C=O) groups excluding carboxylic acids is 1. The molecule has 4 N–H and O–H groups in total. The van der Waals surface area contributed by atoms with Crippen molar-refractivity contribution in [2.24, 2.45) is 0 Å². The molecule has 2 amide bonds. The Bertz CT molecular complexity index is 511. The van der Waals surface area contributed by atoms with E-state index in [1.165, 1.54) is 5.56 Å². The third-order valence-corrected chi connectivity index (χ3v) is 3.16. The first-order valence-electron chi connectivity index (χ1n) is 5.65. The fourth-order valence-electron chi connectivity index (χ4n) is 1.55. The molecule has 94 valence electrons. The molecule has 0 spiro atoms. The van der Waals surface area contributed by atoms with Crippen LogP contribution in [0.15, 0.2) is 41.1 Å². The fourth-order valence-corrected chi connectivity index (χ4v) is 2.25. The lowest BCUT2D eigenvalue weighted by Gasteiger charge is -2.07. The molecule has 2 aromatic rings. The van der Waals surface area contributed by atoms with E-state index in [0.717, 1.165) is 6.42 Å². The van der Waals surface area contributed by atoms with E-state index in [2.05, 4.69) is 22.1 Å². The Morgan fingerprint density at radius 1 is 1.33 bits per heavy atom. The van der Waals surface area contributed by atoms with E-state index in [4.69, 9.17) is 5.73 Å². The molecule has 18 heavy (non-hydrogen) atoms. The Hall–Kier alpha value is -2.01. The van der Waals surface area contributed by atoms with Crippen LogP contribution in [0.3, 0.4) is 0 Å². The maximum atomic E-state index is 11.6. The topological polar surface area (TPSA) is 67.1 Å². The van der Waals surface area contributed by atoms with Gasteiger partial charge in [0.05, 0.1) is 0 Å². The minimum absolute atomic E-state index is 0.212. The van der Waals surface area contributed by atoms with Crippen LogP contribution in [0.25, 0.3) is 0 Å². The second-order valence-electron chi connectivity index (χ2n) is 3.89. The number of rotatable bonds is 4. The van der Waals surface area contributed by atoms with E-state index in [1.54, 1.807) is 35.6 Å². The molecule has 0 unspecified atom stereocenters. The maximum absolute atomic E-state index is 11.6. The highest BCUT2D eigenvalue weighted by molar-refractivity contribution is 7.07. The smallest absolute Gasteiger partial charge is 0.319 e. The minimum Gasteiger partial charge on any atom is -0.399 e. The summed E-state index contributed by atoms with van der Waals surface area (Å²) in [5, 5.41) is 9.65. The van der Waals surface area contributed by atoms with Crippen molar-refractivity contribution in [3.63, 3.8) is 0 Å². The summed E-state index contributed by atoms with van der Waals surface area (Å²) in [6, 6.07) is 8.95. The molecule has 0 aliphatic carbocycles. The van der Waals surface area contributed by atoms with Crippen LogP contribution in [0.5, 0.6) is 0 Å². The number of nitrogens with two attached hydrogens (primary N) is 1. The van der Waals surface area contributed by atoms with Gasteiger partial charge in [-0.1, -0.05) is 6.07 Å². The lowest BCUT2D eigenvalue weighted by atomic mass is 10.2. The number of urea groups is 1. The van der Waals surface area contributed by atoms with Gasteiger partial charge in [-0.2, -0.15) is 11.3 Å². The van der Waals surface area contributed by atoms with Crippen LogP contribution in [0.4, 0.5) is 16.2 Å². The maximum Gasteiger partial charge on any atom is 0.319 e. The van der Waals surface area contributed by atoms with Gasteiger partial charge in [0.1, 0.15) is 0 Å². The van der Waals surface area contributed by atoms with Gasteiger partial charge in [0.15, 0.2) is 0 Å². The number of anilines is 2. The minimum atomic E-state index is -0.212. The molecular formula is C13H15N3OS. The van der Waals surface area contributed by atoms with Gasteiger partial charge >= 0.3 is 6.03 Å². The first-order valence-corrected chi connectivity index (χ1v) is 6.60. The number of carbonyl (C=O) groups is 1.